The summed E-state index contributed by atoms with van der Waals surface area (Å²) in [5.74, 6) is 6.40. The lowest BCUT2D eigenvalue weighted by atomic mass is 10.2. The fourth-order valence-corrected chi connectivity index (χ4v) is 6.22. The van der Waals surface area contributed by atoms with Crippen LogP contribution in [-0.2, 0) is 22.5 Å². The van der Waals surface area contributed by atoms with E-state index in [1.165, 1.54) is 0 Å². The van der Waals surface area contributed by atoms with E-state index < -0.39 is 19.1 Å². The summed E-state index contributed by atoms with van der Waals surface area (Å²) in [6.45, 7) is 1.95. The zero-order valence-corrected chi connectivity index (χ0v) is 13.9. The summed E-state index contributed by atoms with van der Waals surface area (Å²) < 4.78 is 18.4. The molecule has 1 aliphatic rings. The topological polar surface area (TPSA) is 96.0 Å². The quantitative estimate of drug-likeness (QED) is 0.428. The van der Waals surface area contributed by atoms with E-state index in [9.17, 15) is 4.57 Å². The lowest BCUT2D eigenvalue weighted by Gasteiger charge is -2.20. The second kappa shape index (κ2) is 5.18. The van der Waals surface area contributed by atoms with Gasteiger partial charge in [0.25, 0.3) is 0 Å². The number of rotatable bonds is 5. The minimum atomic E-state index is -4.04. The van der Waals surface area contributed by atoms with Crippen molar-refractivity contribution in [1.82, 2.24) is 4.78 Å². The van der Waals surface area contributed by atoms with Crippen LogP contribution >= 0.6 is 13.8 Å². The van der Waals surface area contributed by atoms with Crippen molar-refractivity contribution in [3.05, 3.63) is 29.8 Å². The van der Waals surface area contributed by atoms with Crippen molar-refractivity contribution in [2.45, 2.75) is 18.4 Å². The predicted molar refractivity (Wildman–Crippen MR) is 82.3 cm³/mol. The van der Waals surface area contributed by atoms with Gasteiger partial charge in [0.2, 0.25) is 0 Å². The van der Waals surface area contributed by atoms with Crippen molar-refractivity contribution in [2.75, 3.05) is 13.2 Å². The zero-order valence-electron chi connectivity index (χ0n) is 11.3. The molecular weight excluding hydrogens is 318 g/mol. The number of nitrogens with two attached hydrogens (primary N) is 1. The molecule has 0 saturated carbocycles. The Labute approximate surface area is 123 Å². The molecule has 6 nitrogen and oxygen atoms in total. The molecule has 1 aromatic carbocycles. The molecule has 2 unspecified atom stereocenters. The van der Waals surface area contributed by atoms with Crippen molar-refractivity contribution in [3.63, 3.8) is 0 Å². The van der Waals surface area contributed by atoms with E-state index >= 15 is 0 Å². The van der Waals surface area contributed by atoms with E-state index in [1.807, 2.05) is 6.92 Å². The monoisotopic (exact) mass is 336 g/mol. The summed E-state index contributed by atoms with van der Waals surface area (Å²) in [5, 5.41) is -0.420. The van der Waals surface area contributed by atoms with Gasteiger partial charge in [-0.2, -0.15) is 0 Å². The number of benzene rings is 1. The molecule has 0 aliphatic carbocycles. The van der Waals surface area contributed by atoms with Crippen molar-refractivity contribution < 1.29 is 19.1 Å². The number of hydrazine groups is 1. The molecule has 2 rings (SSSR count). The maximum Gasteiger partial charge on any atom is 0.329 e. The molecule has 1 fully saturated rings. The van der Waals surface area contributed by atoms with Gasteiger partial charge >= 0.3 is 7.60 Å². The average Bonchev–Trinajstić information content (AvgIpc) is 2.84. The highest BCUT2D eigenvalue weighted by atomic mass is 32.4. The lowest BCUT2D eigenvalue weighted by Crippen LogP contribution is -2.23. The van der Waals surface area contributed by atoms with Gasteiger partial charge in [0.15, 0.2) is 5.34 Å². The largest absolute Gasteiger partial charge is 0.481 e. The van der Waals surface area contributed by atoms with E-state index in [2.05, 4.69) is 0 Å². The second-order valence-electron chi connectivity index (χ2n) is 5.18. The summed E-state index contributed by atoms with van der Waals surface area (Å²) in [6, 6.07) is 6.70. The van der Waals surface area contributed by atoms with Crippen molar-refractivity contribution >= 4 is 25.6 Å². The van der Waals surface area contributed by atoms with E-state index in [0.29, 0.717) is 11.3 Å². The summed E-state index contributed by atoms with van der Waals surface area (Å²) in [4.78, 5) is 17.8. The molecule has 9 heteroatoms. The van der Waals surface area contributed by atoms with Gasteiger partial charge in [-0.3, -0.25) is 10.4 Å². The third-order valence-corrected chi connectivity index (χ3v) is 9.80. The van der Waals surface area contributed by atoms with Crippen LogP contribution in [0.5, 0.6) is 5.75 Å². The van der Waals surface area contributed by atoms with Crippen molar-refractivity contribution in [2.24, 2.45) is 5.84 Å². The fourth-order valence-electron chi connectivity index (χ4n) is 2.07. The Morgan fingerprint density at radius 2 is 2.05 bits per heavy atom. The minimum Gasteiger partial charge on any atom is -0.481 e. The van der Waals surface area contributed by atoms with Crippen LogP contribution in [0, 0.1) is 0 Å². The highest BCUT2D eigenvalue weighted by Gasteiger charge is 2.62. The first-order chi connectivity index (χ1) is 9.06. The van der Waals surface area contributed by atoms with Crippen LogP contribution < -0.4 is 10.6 Å². The molecule has 4 N–H and O–H groups in total. The van der Waals surface area contributed by atoms with E-state index in [1.54, 1.807) is 36.1 Å². The van der Waals surface area contributed by atoms with Gasteiger partial charge in [0, 0.05) is 13.2 Å². The molecule has 1 aliphatic heterocycles. The Balaban J connectivity index is 2.06. The Hall–Kier alpha value is -0.260. The van der Waals surface area contributed by atoms with Crippen molar-refractivity contribution in [3.8, 4) is 5.75 Å². The summed E-state index contributed by atoms with van der Waals surface area (Å²) in [6.07, 6.45) is -1.34. The Morgan fingerprint density at radius 1 is 1.50 bits per heavy atom. The van der Waals surface area contributed by atoms with Crippen molar-refractivity contribution in [1.29, 1.82) is 0 Å². The average molecular weight is 336 g/mol. The van der Waals surface area contributed by atoms with Gasteiger partial charge in [-0.15, -0.1) is 0 Å². The molecule has 112 valence electrons. The third kappa shape index (κ3) is 3.31. The lowest BCUT2D eigenvalue weighted by molar-refractivity contribution is 0.235. The molecule has 0 spiro atoms. The highest BCUT2D eigenvalue weighted by Crippen LogP contribution is 2.76. The SMILES string of the molecule is CN(N)P1(=S)CC1(C)Oc1ccc(CP(=O)(O)O)cc1. The van der Waals surface area contributed by atoms with Gasteiger partial charge in [-0.05, 0) is 24.6 Å². The predicted octanol–water partition coefficient (Wildman–Crippen LogP) is 1.67. The van der Waals surface area contributed by atoms with Gasteiger partial charge in [-0.1, -0.05) is 23.9 Å². The summed E-state index contributed by atoms with van der Waals surface area (Å²) >= 11 is 5.54. The first-order valence-electron chi connectivity index (χ1n) is 5.96. The smallest absolute Gasteiger partial charge is 0.329 e. The van der Waals surface area contributed by atoms with E-state index in [-0.39, 0.29) is 6.16 Å². The highest BCUT2D eigenvalue weighted by molar-refractivity contribution is 8.18. The Kier molecular flexibility index (Phi) is 4.17. The maximum absolute atomic E-state index is 10.9. The number of hydrogen-bond acceptors (Lipinski definition) is 4. The molecular formula is C11H18N2O4P2S. The molecule has 0 bridgehead atoms. The summed E-state index contributed by atoms with van der Waals surface area (Å²) in [7, 11) is -2.28. The van der Waals surface area contributed by atoms with E-state index in [0.717, 1.165) is 6.16 Å². The van der Waals surface area contributed by atoms with Crippen LogP contribution in [0.1, 0.15) is 12.5 Å². The van der Waals surface area contributed by atoms with Gasteiger partial charge in [-0.25, -0.2) is 4.78 Å². The van der Waals surface area contributed by atoms with Crippen LogP contribution in [0.3, 0.4) is 0 Å². The van der Waals surface area contributed by atoms with Crippen LogP contribution in [0.4, 0.5) is 0 Å². The number of nitrogens with zero attached hydrogens (tertiary/aromatic N) is 1. The summed E-state index contributed by atoms with van der Waals surface area (Å²) in [5.41, 5.74) is 0.571. The zero-order chi connectivity index (χ0) is 15.2. The molecule has 2 atom stereocenters. The standard InChI is InChI=1S/C11H18N2O4P2S/c1-11(8-18(11,20)13(2)12)17-10-5-3-9(4-6-10)7-19(14,15)16/h3-6H,7-8,12H2,1-2H3,(H2,14,15,16). The van der Waals surface area contributed by atoms with Crippen LogP contribution in [0.25, 0.3) is 0 Å². The van der Waals surface area contributed by atoms with Gasteiger partial charge < -0.3 is 14.5 Å². The molecule has 0 radical (unpaired) electrons. The maximum atomic E-state index is 10.9. The van der Waals surface area contributed by atoms with E-state index in [4.69, 9.17) is 32.2 Å². The Bertz CT molecular complexity index is 601. The first-order valence-corrected chi connectivity index (χ1v) is 10.7. The number of hydrogen-bond donors (Lipinski definition) is 3. The van der Waals surface area contributed by atoms with Gasteiger partial charge in [0.1, 0.15) is 5.75 Å². The fraction of sp³-hybridized carbons (Fsp3) is 0.455. The normalized spacial score (nSPS) is 29.5. The first kappa shape index (κ1) is 16.1. The molecule has 1 aromatic rings. The number of ether oxygens (including phenoxy) is 1. The second-order valence-corrected chi connectivity index (χ2v) is 11.9. The third-order valence-electron chi connectivity index (χ3n) is 3.30. The Morgan fingerprint density at radius 3 is 2.45 bits per heavy atom. The van der Waals surface area contributed by atoms with Gasteiger partial charge in [0.05, 0.1) is 12.4 Å². The molecule has 1 heterocycles. The minimum absolute atomic E-state index is 0.270. The van der Waals surface area contributed by atoms with Crippen LogP contribution in [0.15, 0.2) is 24.3 Å². The van der Waals surface area contributed by atoms with Crippen LogP contribution in [-0.4, -0.2) is 33.1 Å². The van der Waals surface area contributed by atoms with Crippen LogP contribution in [0.2, 0.25) is 0 Å². The molecule has 1 saturated heterocycles. The molecule has 0 amide bonds. The molecule has 20 heavy (non-hydrogen) atoms. The molecule has 0 aromatic heterocycles.